The van der Waals surface area contributed by atoms with Crippen LogP contribution in [0, 0.1) is 0 Å². The van der Waals surface area contributed by atoms with Gasteiger partial charge in [0, 0.05) is 18.1 Å². The van der Waals surface area contributed by atoms with Gasteiger partial charge in [-0.05, 0) is 31.0 Å². The van der Waals surface area contributed by atoms with Crippen LogP contribution in [0.1, 0.15) is 12.8 Å². The number of rotatable bonds is 1. The standard InChI is InChI=1S/C12H16ClN5.2ClH/c13-9-4-3-5-10(8-9)16-11(14)17-12(15)18-6-1-2-7-18;;/h3-5,8H,1-2,6-7H2,(H4,14,15,16,17);2*1H. The molecule has 20 heavy (non-hydrogen) atoms. The molecule has 0 atom stereocenters. The molecule has 1 aromatic rings. The van der Waals surface area contributed by atoms with Crippen molar-refractivity contribution in [2.45, 2.75) is 12.8 Å². The maximum atomic E-state index is 5.86. The summed E-state index contributed by atoms with van der Waals surface area (Å²) in [5.41, 5.74) is 12.3. The van der Waals surface area contributed by atoms with E-state index in [9.17, 15) is 0 Å². The van der Waals surface area contributed by atoms with E-state index in [2.05, 4.69) is 9.98 Å². The van der Waals surface area contributed by atoms with Gasteiger partial charge in [0.25, 0.3) is 0 Å². The Hall–Kier alpha value is -1.17. The van der Waals surface area contributed by atoms with E-state index >= 15 is 0 Å². The molecule has 1 heterocycles. The van der Waals surface area contributed by atoms with Crippen LogP contribution < -0.4 is 11.5 Å². The summed E-state index contributed by atoms with van der Waals surface area (Å²) in [6.07, 6.45) is 2.28. The minimum atomic E-state index is 0. The maximum Gasteiger partial charge on any atom is 0.223 e. The van der Waals surface area contributed by atoms with Crippen LogP contribution >= 0.6 is 36.4 Å². The fourth-order valence-electron chi connectivity index (χ4n) is 1.84. The Morgan fingerprint density at radius 2 is 1.80 bits per heavy atom. The molecule has 1 fully saturated rings. The summed E-state index contributed by atoms with van der Waals surface area (Å²) in [7, 11) is 0. The largest absolute Gasteiger partial charge is 0.369 e. The molecule has 1 aromatic carbocycles. The van der Waals surface area contributed by atoms with Crippen LogP contribution in [0.4, 0.5) is 5.69 Å². The fraction of sp³-hybridized carbons (Fsp3) is 0.333. The second-order valence-electron chi connectivity index (χ2n) is 4.11. The van der Waals surface area contributed by atoms with Crippen LogP contribution in [0.3, 0.4) is 0 Å². The van der Waals surface area contributed by atoms with Gasteiger partial charge in [0.05, 0.1) is 5.69 Å². The molecule has 8 heteroatoms. The molecular weight excluding hydrogens is 321 g/mol. The van der Waals surface area contributed by atoms with Crippen molar-refractivity contribution in [2.24, 2.45) is 21.5 Å². The molecule has 0 radical (unpaired) electrons. The van der Waals surface area contributed by atoms with E-state index in [1.807, 2.05) is 11.0 Å². The SMILES string of the molecule is Cl.Cl.NC(=Nc1cccc(Cl)c1)/N=C(/N)N1CCCC1. The molecule has 0 bridgehead atoms. The normalized spacial score (nSPS) is 15.6. The van der Waals surface area contributed by atoms with Crippen LogP contribution in [-0.4, -0.2) is 29.9 Å². The number of guanidine groups is 2. The summed E-state index contributed by atoms with van der Waals surface area (Å²) in [5, 5.41) is 0.612. The van der Waals surface area contributed by atoms with Gasteiger partial charge in [-0.1, -0.05) is 17.7 Å². The summed E-state index contributed by atoms with van der Waals surface area (Å²) in [6, 6.07) is 7.11. The van der Waals surface area contributed by atoms with E-state index in [0.29, 0.717) is 16.7 Å². The van der Waals surface area contributed by atoms with E-state index in [1.165, 1.54) is 0 Å². The number of likely N-dealkylation sites (tertiary alicyclic amines) is 1. The highest BCUT2D eigenvalue weighted by Crippen LogP contribution is 2.17. The minimum absolute atomic E-state index is 0. The zero-order valence-corrected chi connectivity index (χ0v) is 13.2. The molecule has 0 amide bonds. The van der Waals surface area contributed by atoms with Gasteiger partial charge < -0.3 is 16.4 Å². The molecule has 0 saturated carbocycles. The Bertz CT molecular complexity index is 484. The highest BCUT2D eigenvalue weighted by molar-refractivity contribution is 6.30. The fourth-order valence-corrected chi connectivity index (χ4v) is 2.02. The van der Waals surface area contributed by atoms with Gasteiger partial charge in [0.15, 0.2) is 5.96 Å². The molecule has 0 unspecified atom stereocenters. The molecular formula is C12H18Cl3N5. The van der Waals surface area contributed by atoms with Gasteiger partial charge in [-0.2, -0.15) is 4.99 Å². The van der Waals surface area contributed by atoms with Crippen molar-refractivity contribution >= 4 is 54.0 Å². The highest BCUT2D eigenvalue weighted by atomic mass is 35.5. The summed E-state index contributed by atoms with van der Waals surface area (Å²) in [5.74, 6) is 0.567. The third-order valence-corrected chi connectivity index (χ3v) is 2.95. The van der Waals surface area contributed by atoms with Crippen molar-refractivity contribution in [3.63, 3.8) is 0 Å². The first-order valence-corrected chi connectivity index (χ1v) is 6.22. The van der Waals surface area contributed by atoms with E-state index in [-0.39, 0.29) is 30.8 Å². The van der Waals surface area contributed by atoms with Gasteiger partial charge in [-0.3, -0.25) is 0 Å². The first-order chi connectivity index (χ1) is 8.65. The monoisotopic (exact) mass is 337 g/mol. The quantitative estimate of drug-likeness (QED) is 0.610. The first-order valence-electron chi connectivity index (χ1n) is 5.84. The van der Waals surface area contributed by atoms with Crippen molar-refractivity contribution in [3.8, 4) is 0 Å². The van der Waals surface area contributed by atoms with E-state index in [0.717, 1.165) is 25.9 Å². The van der Waals surface area contributed by atoms with Gasteiger partial charge in [-0.15, -0.1) is 24.8 Å². The second kappa shape index (κ2) is 8.89. The zero-order chi connectivity index (χ0) is 13.0. The van der Waals surface area contributed by atoms with Gasteiger partial charge >= 0.3 is 0 Å². The second-order valence-corrected chi connectivity index (χ2v) is 4.55. The van der Waals surface area contributed by atoms with Gasteiger partial charge in [0.2, 0.25) is 5.96 Å². The minimum Gasteiger partial charge on any atom is -0.369 e. The average Bonchev–Trinajstić information content (AvgIpc) is 2.81. The van der Waals surface area contributed by atoms with Crippen molar-refractivity contribution in [1.82, 2.24) is 4.90 Å². The molecule has 1 aliphatic heterocycles. The lowest BCUT2D eigenvalue weighted by Crippen LogP contribution is -2.36. The Morgan fingerprint density at radius 1 is 1.15 bits per heavy atom. The third-order valence-electron chi connectivity index (χ3n) is 2.71. The Kier molecular flexibility index (Phi) is 8.37. The number of aliphatic imine (C=N–C) groups is 2. The Labute approximate surface area is 135 Å². The average molecular weight is 339 g/mol. The molecule has 0 aliphatic carbocycles. The van der Waals surface area contributed by atoms with Crippen LogP contribution in [0.25, 0.3) is 0 Å². The van der Waals surface area contributed by atoms with Crippen LogP contribution in [-0.2, 0) is 0 Å². The highest BCUT2D eigenvalue weighted by Gasteiger charge is 2.13. The van der Waals surface area contributed by atoms with E-state index in [1.54, 1.807) is 18.2 Å². The third kappa shape index (κ3) is 5.45. The summed E-state index contributed by atoms with van der Waals surface area (Å²) >= 11 is 5.86. The lowest BCUT2D eigenvalue weighted by Gasteiger charge is -2.15. The smallest absolute Gasteiger partial charge is 0.223 e. The molecule has 2 rings (SSSR count). The van der Waals surface area contributed by atoms with Crippen LogP contribution in [0.5, 0.6) is 0 Å². The Morgan fingerprint density at radius 3 is 2.40 bits per heavy atom. The summed E-state index contributed by atoms with van der Waals surface area (Å²) in [6.45, 7) is 1.86. The molecule has 5 nitrogen and oxygen atoms in total. The zero-order valence-electron chi connectivity index (χ0n) is 10.8. The summed E-state index contributed by atoms with van der Waals surface area (Å²) in [4.78, 5) is 10.2. The molecule has 1 saturated heterocycles. The molecule has 0 aromatic heterocycles. The van der Waals surface area contributed by atoms with Gasteiger partial charge in [0.1, 0.15) is 0 Å². The number of nitrogens with two attached hydrogens (primary N) is 2. The van der Waals surface area contributed by atoms with Crippen molar-refractivity contribution in [2.75, 3.05) is 13.1 Å². The predicted molar refractivity (Wildman–Crippen MR) is 89.7 cm³/mol. The summed E-state index contributed by atoms with van der Waals surface area (Å²) < 4.78 is 0. The molecule has 4 N–H and O–H groups in total. The van der Waals surface area contributed by atoms with Crippen molar-refractivity contribution in [1.29, 1.82) is 0 Å². The molecule has 112 valence electrons. The van der Waals surface area contributed by atoms with E-state index in [4.69, 9.17) is 23.1 Å². The topological polar surface area (TPSA) is 80.0 Å². The Balaban J connectivity index is 0.00000180. The van der Waals surface area contributed by atoms with Crippen molar-refractivity contribution < 1.29 is 0 Å². The number of halogens is 3. The lowest BCUT2D eigenvalue weighted by molar-refractivity contribution is 0.514. The number of nitrogens with zero attached hydrogens (tertiary/aromatic N) is 3. The first kappa shape index (κ1) is 18.8. The van der Waals surface area contributed by atoms with E-state index < -0.39 is 0 Å². The number of hydrogen-bond donors (Lipinski definition) is 2. The number of hydrogen-bond acceptors (Lipinski definition) is 1. The van der Waals surface area contributed by atoms with Crippen LogP contribution in [0.15, 0.2) is 34.3 Å². The van der Waals surface area contributed by atoms with Crippen LogP contribution in [0.2, 0.25) is 5.02 Å². The maximum absolute atomic E-state index is 5.86. The molecule has 0 spiro atoms. The molecule has 1 aliphatic rings. The van der Waals surface area contributed by atoms with Crippen molar-refractivity contribution in [3.05, 3.63) is 29.3 Å². The lowest BCUT2D eigenvalue weighted by atomic mass is 10.3. The number of benzene rings is 1. The predicted octanol–water partition coefficient (Wildman–Crippen LogP) is 2.54. The van der Waals surface area contributed by atoms with Gasteiger partial charge in [-0.25, -0.2) is 4.99 Å².